The van der Waals surface area contributed by atoms with E-state index in [-0.39, 0.29) is 11.3 Å². The molecule has 134 valence electrons. The first-order valence-corrected chi connectivity index (χ1v) is 9.75. The van der Waals surface area contributed by atoms with Crippen LogP contribution in [0.15, 0.2) is 18.2 Å². The Morgan fingerprint density at radius 2 is 1.92 bits per heavy atom. The van der Waals surface area contributed by atoms with Crippen molar-refractivity contribution < 1.29 is 10.2 Å². The Labute approximate surface area is 151 Å². The summed E-state index contributed by atoms with van der Waals surface area (Å²) in [4.78, 5) is 0. The molecule has 0 bridgehead atoms. The molecule has 1 aromatic carbocycles. The lowest BCUT2D eigenvalue weighted by atomic mass is 9.48. The molecule has 25 heavy (non-hydrogen) atoms. The molecular weight excluding hydrogens is 308 g/mol. The van der Waals surface area contributed by atoms with Crippen molar-refractivity contribution >= 4 is 0 Å². The van der Waals surface area contributed by atoms with Crippen molar-refractivity contribution in [1.82, 2.24) is 0 Å². The van der Waals surface area contributed by atoms with Crippen LogP contribution < -0.4 is 0 Å². The van der Waals surface area contributed by atoms with Crippen LogP contribution in [0.4, 0.5) is 0 Å². The minimum atomic E-state index is -0.994. The van der Waals surface area contributed by atoms with Gasteiger partial charge in [0.25, 0.3) is 0 Å². The fourth-order valence-corrected chi connectivity index (χ4v) is 7.12. The highest BCUT2D eigenvalue weighted by Gasteiger charge is 2.66. The number of phenolic OH excluding ortho intramolecular Hbond substituents is 1. The maximum atomic E-state index is 11.4. The molecule has 3 aliphatic carbocycles. The second-order valence-corrected chi connectivity index (χ2v) is 9.42. The van der Waals surface area contributed by atoms with Gasteiger partial charge in [-0.1, -0.05) is 39.7 Å². The number of aliphatic hydroxyl groups is 1. The van der Waals surface area contributed by atoms with Gasteiger partial charge in [-0.15, -0.1) is 6.42 Å². The first-order chi connectivity index (χ1) is 11.7. The summed E-state index contributed by atoms with van der Waals surface area (Å²) in [5.74, 6) is 5.86. The summed E-state index contributed by atoms with van der Waals surface area (Å²) >= 11 is 0. The van der Waals surface area contributed by atoms with Crippen LogP contribution in [-0.2, 0) is 6.42 Å². The van der Waals surface area contributed by atoms with Gasteiger partial charge in [-0.25, -0.2) is 0 Å². The van der Waals surface area contributed by atoms with E-state index in [1.54, 1.807) is 0 Å². The number of aromatic hydroxyl groups is 1. The molecule has 2 heteroatoms. The summed E-state index contributed by atoms with van der Waals surface area (Å²) in [5.41, 5.74) is 1.53. The third-order valence-electron chi connectivity index (χ3n) is 8.15. The topological polar surface area (TPSA) is 40.5 Å². The highest BCUT2D eigenvalue weighted by molar-refractivity contribution is 5.42. The van der Waals surface area contributed by atoms with Crippen LogP contribution in [0.5, 0.6) is 5.75 Å². The van der Waals surface area contributed by atoms with Crippen LogP contribution in [-0.4, -0.2) is 15.8 Å². The van der Waals surface area contributed by atoms with E-state index in [1.165, 1.54) is 11.1 Å². The average molecular weight is 338 g/mol. The van der Waals surface area contributed by atoms with E-state index in [2.05, 4.69) is 39.7 Å². The molecule has 2 fully saturated rings. The van der Waals surface area contributed by atoms with Crippen LogP contribution in [0.2, 0.25) is 0 Å². The minimum absolute atomic E-state index is 0.145. The Morgan fingerprint density at radius 3 is 2.60 bits per heavy atom. The Bertz CT molecular complexity index is 747. The molecular formula is C23H30O2. The molecule has 1 aromatic rings. The minimum Gasteiger partial charge on any atom is -0.508 e. The van der Waals surface area contributed by atoms with Crippen molar-refractivity contribution in [3.05, 3.63) is 29.3 Å². The van der Waals surface area contributed by atoms with Crippen molar-refractivity contribution in [3.8, 4) is 18.1 Å². The number of rotatable bonds is 0. The first-order valence-electron chi connectivity index (χ1n) is 9.75. The summed E-state index contributed by atoms with van der Waals surface area (Å²) in [7, 11) is 0. The summed E-state index contributed by atoms with van der Waals surface area (Å²) in [5, 5.41) is 21.3. The van der Waals surface area contributed by atoms with Gasteiger partial charge in [0.1, 0.15) is 11.4 Å². The number of phenols is 1. The van der Waals surface area contributed by atoms with Gasteiger partial charge in [0.15, 0.2) is 0 Å². The summed E-state index contributed by atoms with van der Waals surface area (Å²) in [6, 6.07) is 5.93. The Hall–Kier alpha value is -1.46. The number of terminal acetylenes is 1. The number of benzene rings is 1. The van der Waals surface area contributed by atoms with E-state index in [1.807, 2.05) is 12.1 Å². The van der Waals surface area contributed by atoms with E-state index in [4.69, 9.17) is 6.42 Å². The fourth-order valence-electron chi connectivity index (χ4n) is 7.12. The molecule has 2 nitrogen and oxygen atoms in total. The highest BCUT2D eigenvalue weighted by Crippen LogP contribution is 2.67. The van der Waals surface area contributed by atoms with E-state index in [0.717, 1.165) is 19.3 Å². The van der Waals surface area contributed by atoms with E-state index in [9.17, 15) is 10.2 Å². The van der Waals surface area contributed by atoms with Gasteiger partial charge in [0.05, 0.1) is 0 Å². The molecule has 2 N–H and O–H groups in total. The fraction of sp³-hybridized carbons (Fsp3) is 0.652. The smallest absolute Gasteiger partial charge is 0.133 e. The number of hydrogen-bond donors (Lipinski definition) is 2. The zero-order valence-corrected chi connectivity index (χ0v) is 15.8. The van der Waals surface area contributed by atoms with Crippen LogP contribution in [0.1, 0.15) is 57.6 Å². The standard InChI is InChI=1S/C23H30O2/c1-6-23(25)15(4)10-19-21-13(2)9-16-11-17(24)7-8-18(16)20(21)14(3)12-22(19,23)5/h1,7-8,11,13-15,19-21,24-25H,9-10,12H2,2-5H3/t13?,14-,15+,19?,20?,21?,22-,23-/m0/s1. The van der Waals surface area contributed by atoms with Crippen molar-refractivity contribution in [2.45, 2.75) is 58.5 Å². The normalized spacial score (nSPS) is 48.2. The third kappa shape index (κ3) is 2.02. The van der Waals surface area contributed by atoms with Gasteiger partial charge in [0.2, 0.25) is 0 Å². The zero-order valence-electron chi connectivity index (χ0n) is 15.8. The highest BCUT2D eigenvalue weighted by atomic mass is 16.3. The van der Waals surface area contributed by atoms with E-state index < -0.39 is 5.60 Å². The van der Waals surface area contributed by atoms with Crippen molar-refractivity contribution in [1.29, 1.82) is 0 Å². The summed E-state index contributed by atoms with van der Waals surface area (Å²) in [6.45, 7) is 9.05. The quantitative estimate of drug-likeness (QED) is 0.691. The Morgan fingerprint density at radius 1 is 1.20 bits per heavy atom. The second kappa shape index (κ2) is 5.27. The third-order valence-corrected chi connectivity index (χ3v) is 8.15. The van der Waals surface area contributed by atoms with Crippen molar-refractivity contribution in [2.75, 3.05) is 0 Å². The van der Waals surface area contributed by atoms with Gasteiger partial charge in [-0.3, -0.25) is 0 Å². The molecule has 3 aliphatic rings. The van der Waals surface area contributed by atoms with Gasteiger partial charge in [0, 0.05) is 5.41 Å². The molecule has 0 aromatic heterocycles. The maximum absolute atomic E-state index is 11.4. The SMILES string of the molecule is C#C[C@]1(O)[C@H](C)CC2C3C(C)Cc4cc(O)ccc4C3[C@@H](C)C[C@@]21C. The summed E-state index contributed by atoms with van der Waals surface area (Å²) < 4.78 is 0. The van der Waals surface area contributed by atoms with Crippen molar-refractivity contribution in [2.24, 2.45) is 35.0 Å². The Balaban J connectivity index is 1.84. The molecule has 8 atom stereocenters. The molecule has 0 amide bonds. The first kappa shape index (κ1) is 17.0. The second-order valence-electron chi connectivity index (χ2n) is 9.42. The lowest BCUT2D eigenvalue weighted by molar-refractivity contribution is -0.0997. The van der Waals surface area contributed by atoms with Gasteiger partial charge in [-0.2, -0.15) is 0 Å². The predicted molar refractivity (Wildman–Crippen MR) is 100 cm³/mol. The lowest BCUT2D eigenvalue weighted by Crippen LogP contribution is -2.55. The average Bonchev–Trinajstić information content (AvgIpc) is 2.75. The number of fused-ring (bicyclic) bond motifs is 5. The van der Waals surface area contributed by atoms with Gasteiger partial charge < -0.3 is 10.2 Å². The van der Waals surface area contributed by atoms with Gasteiger partial charge in [-0.05, 0) is 78.0 Å². The molecule has 2 saturated carbocycles. The lowest BCUT2D eigenvalue weighted by Gasteiger charge is -2.56. The van der Waals surface area contributed by atoms with Crippen LogP contribution in [0, 0.1) is 47.3 Å². The predicted octanol–water partition coefficient (Wildman–Crippen LogP) is 4.35. The Kier molecular flexibility index (Phi) is 3.58. The molecule has 0 saturated heterocycles. The molecule has 0 aliphatic heterocycles. The molecule has 0 heterocycles. The zero-order chi connectivity index (χ0) is 18.1. The van der Waals surface area contributed by atoms with Gasteiger partial charge >= 0.3 is 0 Å². The maximum Gasteiger partial charge on any atom is 0.133 e. The van der Waals surface area contributed by atoms with Crippen molar-refractivity contribution in [3.63, 3.8) is 0 Å². The summed E-state index contributed by atoms with van der Waals surface area (Å²) in [6.07, 6.45) is 8.86. The largest absolute Gasteiger partial charge is 0.508 e. The van der Waals surface area contributed by atoms with E-state index in [0.29, 0.717) is 35.3 Å². The van der Waals surface area contributed by atoms with Crippen LogP contribution in [0.25, 0.3) is 0 Å². The molecule has 0 spiro atoms. The van der Waals surface area contributed by atoms with Crippen LogP contribution >= 0.6 is 0 Å². The van der Waals surface area contributed by atoms with E-state index >= 15 is 0 Å². The molecule has 0 radical (unpaired) electrons. The van der Waals surface area contributed by atoms with Crippen LogP contribution in [0.3, 0.4) is 0 Å². The molecule has 4 rings (SSSR count). The monoisotopic (exact) mass is 338 g/mol. The molecule has 4 unspecified atom stereocenters. The number of hydrogen-bond acceptors (Lipinski definition) is 2.